The molecule has 0 aliphatic rings. The molecule has 238 valence electrons. The van der Waals surface area contributed by atoms with E-state index in [4.69, 9.17) is 4.74 Å². The Kier molecular flexibility index (Phi) is 35.9. The van der Waals surface area contributed by atoms with Gasteiger partial charge in [-0.2, -0.15) is 0 Å². The largest absolute Gasteiger partial charge is 0.391 e. The number of allylic oxidation sites excluding steroid dienone is 4. The Bertz CT molecular complexity index is 498. The maximum atomic E-state index is 10.2. The first-order valence-electron chi connectivity index (χ1n) is 18.4. The molecule has 0 radical (unpaired) electrons. The van der Waals surface area contributed by atoms with Crippen molar-refractivity contribution in [1.29, 1.82) is 0 Å². The van der Waals surface area contributed by atoms with Gasteiger partial charge < -0.3 is 9.84 Å². The van der Waals surface area contributed by atoms with Gasteiger partial charge in [0.1, 0.15) is 0 Å². The Morgan fingerprint density at radius 1 is 0.450 bits per heavy atom. The quantitative estimate of drug-likeness (QED) is 0.0624. The smallest absolute Gasteiger partial charge is 0.0773 e. The van der Waals surface area contributed by atoms with Gasteiger partial charge in [0.2, 0.25) is 0 Å². The van der Waals surface area contributed by atoms with Gasteiger partial charge in [0.05, 0.1) is 12.7 Å². The van der Waals surface area contributed by atoms with Gasteiger partial charge in [0, 0.05) is 6.61 Å². The molecule has 1 unspecified atom stereocenters. The molecule has 2 nitrogen and oxygen atoms in total. The third kappa shape index (κ3) is 35.4. The summed E-state index contributed by atoms with van der Waals surface area (Å²) in [5, 5.41) is 10.2. The Hall–Kier alpha value is -0.600. The fourth-order valence-corrected chi connectivity index (χ4v) is 5.42. The molecule has 0 saturated carbocycles. The number of ether oxygens (including phenoxy) is 1. The topological polar surface area (TPSA) is 29.5 Å². The van der Waals surface area contributed by atoms with Crippen LogP contribution in [0.25, 0.3) is 0 Å². The lowest BCUT2D eigenvalue weighted by molar-refractivity contribution is 0.0297. The van der Waals surface area contributed by atoms with Crippen LogP contribution in [-0.2, 0) is 4.74 Å². The van der Waals surface area contributed by atoms with Crippen LogP contribution in [0.15, 0.2) is 24.3 Å². The molecule has 0 spiro atoms. The maximum absolute atomic E-state index is 10.2. The predicted octanol–water partition coefficient (Wildman–Crippen LogP) is 12.8. The van der Waals surface area contributed by atoms with Crippen LogP contribution >= 0.6 is 0 Å². The van der Waals surface area contributed by atoms with E-state index < -0.39 is 0 Å². The summed E-state index contributed by atoms with van der Waals surface area (Å²) in [5.74, 6) is 0. The van der Waals surface area contributed by atoms with Crippen molar-refractivity contribution in [1.82, 2.24) is 0 Å². The third-order valence-corrected chi connectivity index (χ3v) is 8.19. The van der Waals surface area contributed by atoms with E-state index in [0.29, 0.717) is 6.61 Å². The molecule has 1 atom stereocenters. The molecular formula is C38H74O2. The lowest BCUT2D eigenvalue weighted by atomic mass is 10.0. The highest BCUT2D eigenvalue weighted by Gasteiger charge is 2.04. The predicted molar refractivity (Wildman–Crippen MR) is 180 cm³/mol. The molecule has 0 saturated heterocycles. The molecule has 2 heteroatoms. The molecule has 0 bridgehead atoms. The summed E-state index contributed by atoms with van der Waals surface area (Å²) in [5.41, 5.74) is 0. The van der Waals surface area contributed by atoms with E-state index in [2.05, 4.69) is 38.2 Å². The van der Waals surface area contributed by atoms with Crippen LogP contribution in [0, 0.1) is 0 Å². The van der Waals surface area contributed by atoms with Gasteiger partial charge in [-0.1, -0.05) is 179 Å². The van der Waals surface area contributed by atoms with Crippen LogP contribution in [-0.4, -0.2) is 24.4 Å². The van der Waals surface area contributed by atoms with Gasteiger partial charge in [-0.05, 0) is 44.9 Å². The van der Waals surface area contributed by atoms with Crippen LogP contribution in [0.5, 0.6) is 0 Å². The number of rotatable bonds is 34. The van der Waals surface area contributed by atoms with Crippen molar-refractivity contribution in [2.75, 3.05) is 13.2 Å². The Morgan fingerprint density at radius 3 is 1.32 bits per heavy atom. The average Bonchev–Trinajstić information content (AvgIpc) is 2.96. The van der Waals surface area contributed by atoms with E-state index in [1.165, 1.54) is 161 Å². The van der Waals surface area contributed by atoms with Crippen molar-refractivity contribution in [3.8, 4) is 0 Å². The molecule has 0 heterocycles. The SMILES string of the molecule is CCCCC/C=C\C/C=C\CCCCCCCCC(O)COCCCCCCCCCCCCCCCCCC. The zero-order valence-corrected chi connectivity index (χ0v) is 27.7. The highest BCUT2D eigenvalue weighted by atomic mass is 16.5. The van der Waals surface area contributed by atoms with E-state index in [-0.39, 0.29) is 6.10 Å². The molecule has 0 aromatic heterocycles. The number of hydrogen-bond acceptors (Lipinski definition) is 2. The summed E-state index contributed by atoms with van der Waals surface area (Å²) in [6.07, 6.45) is 47.5. The van der Waals surface area contributed by atoms with Gasteiger partial charge in [-0.15, -0.1) is 0 Å². The maximum Gasteiger partial charge on any atom is 0.0773 e. The molecular weight excluding hydrogens is 488 g/mol. The fourth-order valence-electron chi connectivity index (χ4n) is 5.42. The molecule has 0 amide bonds. The molecule has 1 N–H and O–H groups in total. The number of unbranched alkanes of at least 4 members (excludes halogenated alkanes) is 24. The van der Waals surface area contributed by atoms with Crippen molar-refractivity contribution in [2.45, 2.75) is 206 Å². The van der Waals surface area contributed by atoms with E-state index in [1.807, 2.05) is 0 Å². The molecule has 0 fully saturated rings. The minimum atomic E-state index is -0.271. The monoisotopic (exact) mass is 563 g/mol. The van der Waals surface area contributed by atoms with E-state index >= 15 is 0 Å². The first-order chi connectivity index (χ1) is 19.8. The zero-order valence-electron chi connectivity index (χ0n) is 27.7. The first kappa shape index (κ1) is 39.4. The summed E-state index contributed by atoms with van der Waals surface area (Å²) in [6, 6.07) is 0. The number of aliphatic hydroxyl groups excluding tert-OH is 1. The van der Waals surface area contributed by atoms with E-state index in [1.54, 1.807) is 0 Å². The number of hydrogen-bond donors (Lipinski definition) is 1. The van der Waals surface area contributed by atoms with Crippen LogP contribution in [0.2, 0.25) is 0 Å². The minimum absolute atomic E-state index is 0.271. The molecule has 0 aliphatic heterocycles. The Labute approximate surface area is 253 Å². The van der Waals surface area contributed by atoms with Gasteiger partial charge in [0.15, 0.2) is 0 Å². The van der Waals surface area contributed by atoms with Crippen molar-refractivity contribution in [3.63, 3.8) is 0 Å². The highest BCUT2D eigenvalue weighted by molar-refractivity contribution is 4.92. The second kappa shape index (κ2) is 36.4. The van der Waals surface area contributed by atoms with Gasteiger partial charge in [-0.25, -0.2) is 0 Å². The van der Waals surface area contributed by atoms with Gasteiger partial charge in [0.25, 0.3) is 0 Å². The van der Waals surface area contributed by atoms with E-state index in [9.17, 15) is 5.11 Å². The van der Waals surface area contributed by atoms with Crippen molar-refractivity contribution >= 4 is 0 Å². The van der Waals surface area contributed by atoms with Crippen LogP contribution in [0.1, 0.15) is 200 Å². The van der Waals surface area contributed by atoms with Gasteiger partial charge >= 0.3 is 0 Å². The summed E-state index contributed by atoms with van der Waals surface area (Å²) in [7, 11) is 0. The van der Waals surface area contributed by atoms with Crippen LogP contribution in [0.3, 0.4) is 0 Å². The summed E-state index contributed by atoms with van der Waals surface area (Å²) in [4.78, 5) is 0. The minimum Gasteiger partial charge on any atom is -0.391 e. The second-order valence-electron chi connectivity index (χ2n) is 12.4. The van der Waals surface area contributed by atoms with E-state index in [0.717, 1.165) is 32.3 Å². The Morgan fingerprint density at radius 2 is 0.825 bits per heavy atom. The normalized spacial score (nSPS) is 12.8. The second-order valence-corrected chi connectivity index (χ2v) is 12.4. The fraction of sp³-hybridized carbons (Fsp3) is 0.895. The van der Waals surface area contributed by atoms with Crippen molar-refractivity contribution in [2.24, 2.45) is 0 Å². The average molecular weight is 563 g/mol. The molecule has 0 aromatic carbocycles. The molecule has 0 aliphatic carbocycles. The van der Waals surface area contributed by atoms with Gasteiger partial charge in [-0.3, -0.25) is 0 Å². The Balaban J connectivity index is 3.20. The summed E-state index contributed by atoms with van der Waals surface area (Å²) in [6.45, 7) is 5.90. The lowest BCUT2D eigenvalue weighted by Gasteiger charge is -2.11. The van der Waals surface area contributed by atoms with Crippen molar-refractivity contribution < 1.29 is 9.84 Å². The van der Waals surface area contributed by atoms with Crippen LogP contribution in [0.4, 0.5) is 0 Å². The lowest BCUT2D eigenvalue weighted by Crippen LogP contribution is -2.15. The highest BCUT2D eigenvalue weighted by Crippen LogP contribution is 2.14. The standard InChI is InChI=1S/C38H74O2/c1-3-5-7-9-11-13-15-17-19-21-23-25-27-29-31-33-35-38(39)37-40-36-34-32-30-28-26-24-22-20-18-16-14-12-10-8-6-4-2/h11,13,17,19,38-39H,3-10,12,14-16,18,20-37H2,1-2H3/b13-11-,19-17-. The molecule has 40 heavy (non-hydrogen) atoms. The molecule has 0 rings (SSSR count). The van der Waals surface area contributed by atoms with Crippen LogP contribution < -0.4 is 0 Å². The summed E-state index contributed by atoms with van der Waals surface area (Å²) < 4.78 is 5.73. The van der Waals surface area contributed by atoms with Crippen molar-refractivity contribution in [3.05, 3.63) is 24.3 Å². The number of aliphatic hydroxyl groups is 1. The first-order valence-corrected chi connectivity index (χ1v) is 18.4. The zero-order chi connectivity index (χ0) is 29.0. The summed E-state index contributed by atoms with van der Waals surface area (Å²) >= 11 is 0. The third-order valence-electron chi connectivity index (χ3n) is 8.19. The molecule has 0 aromatic rings.